The van der Waals surface area contributed by atoms with Gasteiger partial charge in [0.15, 0.2) is 0 Å². The number of rotatable bonds is 3. The number of alkyl halides is 3. The van der Waals surface area contributed by atoms with Crippen LogP contribution in [0.5, 0.6) is 0 Å². The van der Waals surface area contributed by atoms with E-state index < -0.39 is 29.0 Å². The third-order valence-corrected chi connectivity index (χ3v) is 6.08. The predicted molar refractivity (Wildman–Crippen MR) is 130 cm³/mol. The molecule has 0 aliphatic carbocycles. The molecule has 188 valence electrons. The van der Waals surface area contributed by atoms with E-state index in [0.717, 1.165) is 28.6 Å². The van der Waals surface area contributed by atoms with Gasteiger partial charge in [-0.1, -0.05) is 18.2 Å². The largest absolute Gasteiger partial charge is 0.416 e. The first-order chi connectivity index (χ1) is 17.6. The number of nitrogens with one attached hydrogen (secondary N) is 1. The van der Waals surface area contributed by atoms with Crippen LogP contribution in [0.1, 0.15) is 31.8 Å². The summed E-state index contributed by atoms with van der Waals surface area (Å²) in [5, 5.41) is 7.00. The minimum atomic E-state index is -4.79. The summed E-state index contributed by atoms with van der Waals surface area (Å²) < 4.78 is 54.3. The van der Waals surface area contributed by atoms with Crippen molar-refractivity contribution in [2.45, 2.75) is 12.6 Å². The molecule has 0 bridgehead atoms. The van der Waals surface area contributed by atoms with Gasteiger partial charge in [-0.2, -0.15) is 18.3 Å². The van der Waals surface area contributed by atoms with Gasteiger partial charge in [0, 0.05) is 42.2 Å². The van der Waals surface area contributed by atoms with Crippen LogP contribution in [0, 0.1) is 5.82 Å². The Morgan fingerprint density at radius 1 is 0.973 bits per heavy atom. The molecule has 0 spiro atoms. The van der Waals surface area contributed by atoms with E-state index in [4.69, 9.17) is 0 Å². The number of anilines is 2. The number of aryl methyl sites for hydroxylation is 1. The van der Waals surface area contributed by atoms with E-state index in [1.165, 1.54) is 24.3 Å². The molecule has 6 nitrogen and oxygen atoms in total. The summed E-state index contributed by atoms with van der Waals surface area (Å²) in [6.07, 6.45) is -2.23. The number of hydrogen-bond donors (Lipinski definition) is 1. The average Bonchev–Trinajstić information content (AvgIpc) is 3.17. The second kappa shape index (κ2) is 9.20. The molecule has 0 unspecified atom stereocenters. The third kappa shape index (κ3) is 4.82. The summed E-state index contributed by atoms with van der Waals surface area (Å²) in [5.74, 6) is -2.33. The molecular weight excluding hydrogens is 488 g/mol. The van der Waals surface area contributed by atoms with E-state index in [9.17, 15) is 27.2 Å². The summed E-state index contributed by atoms with van der Waals surface area (Å²) in [6, 6.07) is 15.1. The molecule has 2 heterocycles. The maximum atomic E-state index is 13.7. The Hall–Kier alpha value is -4.47. The molecule has 5 rings (SSSR count). The van der Waals surface area contributed by atoms with Gasteiger partial charge in [-0.05, 0) is 60.5 Å². The molecule has 3 aromatic carbocycles. The third-order valence-electron chi connectivity index (χ3n) is 6.08. The zero-order chi connectivity index (χ0) is 26.3. The Balaban J connectivity index is 1.36. The lowest BCUT2D eigenvalue weighted by Crippen LogP contribution is -2.32. The lowest BCUT2D eigenvalue weighted by atomic mass is 10.1. The van der Waals surface area contributed by atoms with Crippen LogP contribution >= 0.6 is 0 Å². The van der Waals surface area contributed by atoms with Crippen LogP contribution in [-0.2, 0) is 19.6 Å². The number of aromatic nitrogens is 2. The number of carbonyl (C=O) groups is 2. The van der Waals surface area contributed by atoms with Crippen molar-refractivity contribution in [3.8, 4) is 11.3 Å². The van der Waals surface area contributed by atoms with Crippen molar-refractivity contribution in [3.05, 3.63) is 101 Å². The Bertz CT molecular complexity index is 1510. The summed E-state index contributed by atoms with van der Waals surface area (Å²) >= 11 is 0. The van der Waals surface area contributed by atoms with Crippen molar-refractivity contribution < 1.29 is 27.2 Å². The molecule has 0 saturated carbocycles. The molecule has 0 fully saturated rings. The highest BCUT2D eigenvalue weighted by Gasteiger charge is 2.32. The van der Waals surface area contributed by atoms with Crippen LogP contribution < -0.4 is 10.2 Å². The first-order valence-corrected chi connectivity index (χ1v) is 11.3. The van der Waals surface area contributed by atoms with Crippen molar-refractivity contribution in [2.75, 3.05) is 16.8 Å². The van der Waals surface area contributed by atoms with Crippen LogP contribution in [0.4, 0.5) is 28.9 Å². The number of halogens is 4. The highest BCUT2D eigenvalue weighted by atomic mass is 19.4. The second-order valence-electron chi connectivity index (χ2n) is 8.66. The normalized spacial score (nSPS) is 12.9. The second-order valence-corrected chi connectivity index (χ2v) is 8.66. The van der Waals surface area contributed by atoms with Crippen molar-refractivity contribution in [1.29, 1.82) is 0 Å². The first kappa shape index (κ1) is 24.2. The van der Waals surface area contributed by atoms with Crippen molar-refractivity contribution in [1.82, 2.24) is 9.78 Å². The van der Waals surface area contributed by atoms with Gasteiger partial charge in [0.2, 0.25) is 0 Å². The first-order valence-electron chi connectivity index (χ1n) is 11.3. The Morgan fingerprint density at radius 2 is 1.70 bits per heavy atom. The molecule has 1 aliphatic rings. The Morgan fingerprint density at radius 3 is 2.43 bits per heavy atom. The number of para-hydroxylation sites is 1. The van der Waals surface area contributed by atoms with Gasteiger partial charge < -0.3 is 10.2 Å². The maximum Gasteiger partial charge on any atom is 0.416 e. The monoisotopic (exact) mass is 508 g/mol. The number of fused-ring (bicyclic) bond motifs is 3. The van der Waals surface area contributed by atoms with Gasteiger partial charge in [0.1, 0.15) is 5.82 Å². The molecule has 0 radical (unpaired) electrons. The van der Waals surface area contributed by atoms with E-state index in [0.29, 0.717) is 30.7 Å². The highest BCUT2D eigenvalue weighted by Crippen LogP contribution is 2.36. The van der Waals surface area contributed by atoms with E-state index in [1.807, 2.05) is 37.5 Å². The number of hydrogen-bond acceptors (Lipinski definition) is 3. The molecule has 1 aliphatic heterocycles. The quantitative estimate of drug-likeness (QED) is 0.361. The fourth-order valence-corrected chi connectivity index (χ4v) is 4.36. The lowest BCUT2D eigenvalue weighted by Gasteiger charge is -2.23. The molecule has 0 saturated heterocycles. The van der Waals surface area contributed by atoms with Crippen LogP contribution in [0.3, 0.4) is 0 Å². The van der Waals surface area contributed by atoms with Crippen LogP contribution in [0.15, 0.2) is 72.9 Å². The van der Waals surface area contributed by atoms with E-state index in [-0.39, 0.29) is 11.6 Å². The lowest BCUT2D eigenvalue weighted by molar-refractivity contribution is -0.137. The minimum absolute atomic E-state index is 0.243. The van der Waals surface area contributed by atoms with Crippen LogP contribution in [0.2, 0.25) is 0 Å². The number of carbonyl (C=O) groups excluding carboxylic acids is 2. The molecule has 0 atom stereocenters. The van der Waals surface area contributed by atoms with Crippen molar-refractivity contribution in [3.63, 3.8) is 0 Å². The summed E-state index contributed by atoms with van der Waals surface area (Å²) in [4.78, 5) is 27.6. The maximum absolute atomic E-state index is 13.7. The molecule has 1 N–H and O–H groups in total. The van der Waals surface area contributed by atoms with Crippen molar-refractivity contribution in [2.24, 2.45) is 7.05 Å². The molecule has 1 aromatic heterocycles. The number of benzene rings is 3. The Labute approximate surface area is 209 Å². The van der Waals surface area contributed by atoms with Gasteiger partial charge >= 0.3 is 6.18 Å². The summed E-state index contributed by atoms with van der Waals surface area (Å²) in [7, 11) is 1.85. The van der Waals surface area contributed by atoms with Crippen molar-refractivity contribution >= 4 is 23.2 Å². The average molecular weight is 508 g/mol. The minimum Gasteiger partial charge on any atom is -0.322 e. The predicted octanol–water partition coefficient (Wildman–Crippen LogP) is 5.70. The fraction of sp³-hybridized carbons (Fsp3) is 0.148. The van der Waals surface area contributed by atoms with Gasteiger partial charge in [-0.15, -0.1) is 0 Å². The van der Waals surface area contributed by atoms with E-state index in [1.54, 1.807) is 9.58 Å². The zero-order valence-electron chi connectivity index (χ0n) is 19.5. The Kier molecular flexibility index (Phi) is 6.02. The number of amides is 2. The molecule has 4 aromatic rings. The molecule has 2 amide bonds. The SMILES string of the molecule is Cn1cc2c(n1)-c1ccccc1N(C(=O)c1ccc(NC(=O)c3cc(F)cc(C(F)(F)F)c3)cc1)CC2. The summed E-state index contributed by atoms with van der Waals surface area (Å²) in [5.41, 5.74) is 2.32. The zero-order valence-corrected chi connectivity index (χ0v) is 19.5. The smallest absolute Gasteiger partial charge is 0.322 e. The fourth-order valence-electron chi connectivity index (χ4n) is 4.36. The van der Waals surface area contributed by atoms with Gasteiger partial charge in [0.25, 0.3) is 11.8 Å². The van der Waals surface area contributed by atoms with Crippen LogP contribution in [0.25, 0.3) is 11.3 Å². The standard InChI is InChI=1S/C27H20F4N4O2/c1-34-15-17-10-11-35(23-5-3-2-4-22(23)24(17)33-34)26(37)16-6-8-21(9-7-16)32-25(36)18-12-19(27(29,30)31)14-20(28)13-18/h2-9,12-15H,10-11H2,1H3,(H,32,36). The topological polar surface area (TPSA) is 67.2 Å². The van der Waals surface area contributed by atoms with Gasteiger partial charge in [-0.25, -0.2) is 4.39 Å². The molecule has 37 heavy (non-hydrogen) atoms. The molecule has 10 heteroatoms. The number of nitrogens with zero attached hydrogens (tertiary/aromatic N) is 3. The van der Waals surface area contributed by atoms with E-state index in [2.05, 4.69) is 10.4 Å². The van der Waals surface area contributed by atoms with Gasteiger partial charge in [-0.3, -0.25) is 14.3 Å². The summed E-state index contributed by atoms with van der Waals surface area (Å²) in [6.45, 7) is 0.439. The van der Waals surface area contributed by atoms with Crippen LogP contribution in [-0.4, -0.2) is 28.1 Å². The highest BCUT2D eigenvalue weighted by molar-refractivity contribution is 6.09. The van der Waals surface area contributed by atoms with E-state index >= 15 is 0 Å². The molecular formula is C27H20F4N4O2. The van der Waals surface area contributed by atoms with Gasteiger partial charge in [0.05, 0.1) is 16.9 Å².